The molecule has 3 aromatic carbocycles. The first-order valence-corrected chi connectivity index (χ1v) is 12.6. The zero-order valence-electron chi connectivity index (χ0n) is 22.5. The standard InChI is InChI=1S/C30H27N5O5/c1-5-19-9-6-7-12-24(19)35-27(36)13-18(2)28(34-35)29(37)33-20-10-8-11-21(14-20)40-30-22-15-25(38-3)26(39-4)16-23(22)31-17-32-30/h6-17H,5H2,1-4H3,(H,33,37). The SMILES string of the molecule is CCc1ccccc1-n1nc(C(=O)Nc2cccc(Oc3ncnc4cc(OC)c(OC)cc34)c2)c(C)cc1=O. The minimum Gasteiger partial charge on any atom is -0.493 e. The van der Waals surface area contributed by atoms with Crippen molar-refractivity contribution < 1.29 is 19.0 Å². The second-order valence-corrected chi connectivity index (χ2v) is 8.90. The van der Waals surface area contributed by atoms with Crippen LogP contribution in [0.1, 0.15) is 28.5 Å². The van der Waals surface area contributed by atoms with Gasteiger partial charge in [-0.25, -0.2) is 9.97 Å². The van der Waals surface area contributed by atoms with Crippen molar-refractivity contribution in [1.82, 2.24) is 19.7 Å². The van der Waals surface area contributed by atoms with Crippen LogP contribution in [0.25, 0.3) is 16.6 Å². The van der Waals surface area contributed by atoms with Gasteiger partial charge >= 0.3 is 0 Å². The molecular formula is C30H27N5O5. The topological polar surface area (TPSA) is 117 Å². The van der Waals surface area contributed by atoms with Crippen LogP contribution in [0.5, 0.6) is 23.1 Å². The summed E-state index contributed by atoms with van der Waals surface area (Å²) in [5, 5.41) is 7.91. The molecule has 0 spiro atoms. The van der Waals surface area contributed by atoms with Gasteiger partial charge in [-0.2, -0.15) is 9.78 Å². The summed E-state index contributed by atoms with van der Waals surface area (Å²) in [5.41, 5.74) is 2.99. The molecule has 5 rings (SSSR count). The van der Waals surface area contributed by atoms with Crippen LogP contribution in [0.3, 0.4) is 0 Å². The molecule has 5 aromatic rings. The van der Waals surface area contributed by atoms with E-state index in [4.69, 9.17) is 14.2 Å². The summed E-state index contributed by atoms with van der Waals surface area (Å²) in [6, 6.07) is 19.3. The third-order valence-corrected chi connectivity index (χ3v) is 6.35. The van der Waals surface area contributed by atoms with Gasteiger partial charge in [0.2, 0.25) is 5.88 Å². The number of carbonyl (C=O) groups is 1. The van der Waals surface area contributed by atoms with Gasteiger partial charge in [0.1, 0.15) is 12.1 Å². The zero-order valence-corrected chi connectivity index (χ0v) is 22.5. The highest BCUT2D eigenvalue weighted by atomic mass is 16.5. The molecule has 0 fully saturated rings. The van der Waals surface area contributed by atoms with Gasteiger partial charge in [-0.1, -0.05) is 31.2 Å². The van der Waals surface area contributed by atoms with Gasteiger partial charge in [-0.15, -0.1) is 0 Å². The van der Waals surface area contributed by atoms with Gasteiger partial charge in [0, 0.05) is 23.9 Å². The van der Waals surface area contributed by atoms with E-state index in [2.05, 4.69) is 20.4 Å². The van der Waals surface area contributed by atoms with E-state index in [-0.39, 0.29) is 11.3 Å². The Bertz CT molecular complexity index is 1780. The van der Waals surface area contributed by atoms with Crippen molar-refractivity contribution in [1.29, 1.82) is 0 Å². The number of aryl methyl sites for hydroxylation is 2. The van der Waals surface area contributed by atoms with Crippen molar-refractivity contribution in [2.75, 3.05) is 19.5 Å². The molecule has 1 N–H and O–H groups in total. The number of benzene rings is 3. The Hall–Kier alpha value is -5.25. The van der Waals surface area contributed by atoms with E-state index in [0.29, 0.717) is 57.4 Å². The maximum absolute atomic E-state index is 13.3. The maximum atomic E-state index is 13.3. The molecule has 0 aliphatic carbocycles. The van der Waals surface area contributed by atoms with Crippen molar-refractivity contribution >= 4 is 22.5 Å². The molecule has 1 amide bonds. The van der Waals surface area contributed by atoms with Crippen LogP contribution in [0.15, 0.2) is 77.9 Å². The highest BCUT2D eigenvalue weighted by Gasteiger charge is 2.17. The number of hydrogen-bond acceptors (Lipinski definition) is 8. The van der Waals surface area contributed by atoms with Crippen LogP contribution in [-0.4, -0.2) is 39.9 Å². The molecule has 10 nitrogen and oxygen atoms in total. The van der Waals surface area contributed by atoms with Gasteiger partial charge in [0.15, 0.2) is 17.2 Å². The fourth-order valence-corrected chi connectivity index (χ4v) is 4.34. The number of ether oxygens (including phenoxy) is 3. The summed E-state index contributed by atoms with van der Waals surface area (Å²) < 4.78 is 18.1. The molecule has 0 bridgehead atoms. The summed E-state index contributed by atoms with van der Waals surface area (Å²) in [6.07, 6.45) is 2.11. The van der Waals surface area contributed by atoms with Gasteiger partial charge in [0.05, 0.1) is 30.8 Å². The third-order valence-electron chi connectivity index (χ3n) is 6.35. The second kappa shape index (κ2) is 11.2. The Balaban J connectivity index is 1.43. The molecule has 0 atom stereocenters. The molecule has 10 heteroatoms. The van der Waals surface area contributed by atoms with Crippen molar-refractivity contribution in [3.63, 3.8) is 0 Å². The highest BCUT2D eigenvalue weighted by Crippen LogP contribution is 2.36. The Morgan fingerprint density at radius 3 is 2.50 bits per heavy atom. The molecule has 2 heterocycles. The number of amides is 1. The molecule has 0 unspecified atom stereocenters. The summed E-state index contributed by atoms with van der Waals surface area (Å²) in [7, 11) is 3.10. The summed E-state index contributed by atoms with van der Waals surface area (Å²) in [6.45, 7) is 3.68. The number of carbonyl (C=O) groups excluding carboxylic acids is 1. The normalized spacial score (nSPS) is 10.8. The molecular weight excluding hydrogens is 510 g/mol. The summed E-state index contributed by atoms with van der Waals surface area (Å²) in [4.78, 5) is 34.6. The lowest BCUT2D eigenvalue weighted by Crippen LogP contribution is -2.27. The Labute approximate surface area is 230 Å². The number of anilines is 1. The molecule has 0 saturated heterocycles. The van der Waals surface area contributed by atoms with E-state index < -0.39 is 5.91 Å². The van der Waals surface area contributed by atoms with Crippen molar-refractivity contribution in [2.45, 2.75) is 20.3 Å². The van der Waals surface area contributed by atoms with Crippen LogP contribution in [0.2, 0.25) is 0 Å². The summed E-state index contributed by atoms with van der Waals surface area (Å²) in [5.74, 6) is 1.36. The number of rotatable bonds is 8. The van der Waals surface area contributed by atoms with Crippen LogP contribution < -0.4 is 25.1 Å². The molecule has 202 valence electrons. The second-order valence-electron chi connectivity index (χ2n) is 8.90. The van der Waals surface area contributed by atoms with Gasteiger partial charge in [0.25, 0.3) is 11.5 Å². The predicted molar refractivity (Wildman–Crippen MR) is 151 cm³/mol. The van der Waals surface area contributed by atoms with E-state index in [1.165, 1.54) is 17.1 Å². The Morgan fingerprint density at radius 1 is 0.950 bits per heavy atom. The smallest absolute Gasteiger partial charge is 0.276 e. The molecule has 0 aliphatic heterocycles. The predicted octanol–water partition coefficient (Wildman–Crippen LogP) is 5.11. The first-order chi connectivity index (χ1) is 19.4. The molecule has 40 heavy (non-hydrogen) atoms. The average molecular weight is 538 g/mol. The highest BCUT2D eigenvalue weighted by molar-refractivity contribution is 6.03. The fraction of sp³-hybridized carbons (Fsp3) is 0.167. The van der Waals surface area contributed by atoms with E-state index in [1.54, 1.807) is 57.5 Å². The van der Waals surface area contributed by atoms with E-state index in [9.17, 15) is 9.59 Å². The Morgan fingerprint density at radius 2 is 1.73 bits per heavy atom. The van der Waals surface area contributed by atoms with Crippen molar-refractivity contribution in [3.05, 3.63) is 100 Å². The first kappa shape index (κ1) is 26.4. The van der Waals surface area contributed by atoms with Crippen molar-refractivity contribution in [3.8, 4) is 28.8 Å². The minimum absolute atomic E-state index is 0.139. The number of nitrogens with zero attached hydrogens (tertiary/aromatic N) is 4. The maximum Gasteiger partial charge on any atom is 0.276 e. The monoisotopic (exact) mass is 537 g/mol. The number of methoxy groups -OCH3 is 2. The van der Waals surface area contributed by atoms with Gasteiger partial charge < -0.3 is 19.5 Å². The van der Waals surface area contributed by atoms with E-state index >= 15 is 0 Å². The van der Waals surface area contributed by atoms with E-state index in [1.807, 2.05) is 31.2 Å². The zero-order chi connectivity index (χ0) is 28.2. The molecule has 0 radical (unpaired) electrons. The molecule has 0 saturated carbocycles. The number of fused-ring (bicyclic) bond motifs is 1. The summed E-state index contributed by atoms with van der Waals surface area (Å²) >= 11 is 0. The van der Waals surface area contributed by atoms with E-state index in [0.717, 1.165) is 5.56 Å². The lowest BCUT2D eigenvalue weighted by Gasteiger charge is -2.13. The average Bonchev–Trinajstić information content (AvgIpc) is 2.96. The van der Waals surface area contributed by atoms with Gasteiger partial charge in [-0.05, 0) is 48.7 Å². The first-order valence-electron chi connectivity index (χ1n) is 12.6. The van der Waals surface area contributed by atoms with Crippen LogP contribution in [-0.2, 0) is 6.42 Å². The largest absolute Gasteiger partial charge is 0.493 e. The number of hydrogen-bond donors (Lipinski definition) is 1. The fourth-order valence-electron chi connectivity index (χ4n) is 4.34. The third kappa shape index (κ3) is 5.19. The Kier molecular flexibility index (Phi) is 7.41. The minimum atomic E-state index is -0.457. The van der Waals surface area contributed by atoms with Crippen LogP contribution in [0, 0.1) is 6.92 Å². The van der Waals surface area contributed by atoms with Crippen LogP contribution in [0.4, 0.5) is 5.69 Å². The lowest BCUT2D eigenvalue weighted by atomic mass is 10.1. The molecule has 0 aliphatic rings. The van der Waals surface area contributed by atoms with Gasteiger partial charge in [-0.3, -0.25) is 9.59 Å². The van der Waals surface area contributed by atoms with Crippen molar-refractivity contribution in [2.24, 2.45) is 0 Å². The quantitative estimate of drug-likeness (QED) is 0.290. The van der Waals surface area contributed by atoms with Crippen LogP contribution >= 0.6 is 0 Å². The lowest BCUT2D eigenvalue weighted by molar-refractivity contribution is 0.102. The number of aromatic nitrogens is 4. The number of nitrogens with one attached hydrogen (secondary N) is 1. The number of para-hydroxylation sites is 1. The molecule has 2 aromatic heterocycles.